The Morgan fingerprint density at radius 3 is 2.16 bits per heavy atom. The van der Waals surface area contributed by atoms with Gasteiger partial charge in [0.2, 0.25) is 0 Å². The summed E-state index contributed by atoms with van der Waals surface area (Å²) in [6.45, 7) is 0. The zero-order chi connectivity index (χ0) is 17.1. The first-order valence-corrected chi connectivity index (χ1v) is 10.2. The van der Waals surface area contributed by atoms with E-state index in [1.54, 1.807) is 23.1 Å². The Labute approximate surface area is 156 Å². The van der Waals surface area contributed by atoms with Crippen molar-refractivity contribution < 1.29 is 0 Å². The van der Waals surface area contributed by atoms with E-state index < -0.39 is 0 Å². The van der Waals surface area contributed by atoms with Gasteiger partial charge in [0.05, 0.1) is 0 Å². The van der Waals surface area contributed by atoms with Crippen LogP contribution in [0.15, 0.2) is 89.9 Å². The van der Waals surface area contributed by atoms with Crippen molar-refractivity contribution in [3.63, 3.8) is 0 Å². The predicted octanol–water partition coefficient (Wildman–Crippen LogP) is 7.01. The fourth-order valence-corrected chi connectivity index (χ4v) is 4.61. The van der Waals surface area contributed by atoms with Gasteiger partial charge in [0, 0.05) is 21.2 Å². The van der Waals surface area contributed by atoms with Crippen LogP contribution in [-0.4, -0.2) is 11.3 Å². The minimum Gasteiger partial charge on any atom is -0.230 e. The van der Waals surface area contributed by atoms with Crippen LogP contribution in [0.2, 0.25) is 0 Å². The van der Waals surface area contributed by atoms with Crippen LogP contribution in [0.25, 0.3) is 21.2 Å². The molecule has 0 amide bonds. The first-order valence-electron chi connectivity index (χ1n) is 8.12. The highest BCUT2D eigenvalue weighted by atomic mass is 32.2. The van der Waals surface area contributed by atoms with E-state index in [9.17, 15) is 0 Å². The van der Waals surface area contributed by atoms with Crippen LogP contribution in [0.1, 0.15) is 5.56 Å². The first-order chi connectivity index (χ1) is 12.4. The molecule has 0 N–H and O–H groups in total. The Bertz CT molecular complexity index is 1020. The summed E-state index contributed by atoms with van der Waals surface area (Å²) in [5.74, 6) is 0. The van der Waals surface area contributed by atoms with Crippen LogP contribution in [0.5, 0.6) is 0 Å². The van der Waals surface area contributed by atoms with E-state index in [1.807, 2.05) is 6.07 Å². The van der Waals surface area contributed by atoms with Gasteiger partial charge in [0.15, 0.2) is 0 Å². The lowest BCUT2D eigenvalue weighted by atomic mass is 10.0. The van der Waals surface area contributed by atoms with E-state index >= 15 is 0 Å². The summed E-state index contributed by atoms with van der Waals surface area (Å²) in [5.41, 5.74) is 3.60. The monoisotopic (exact) mass is 359 g/mol. The molecule has 0 aliphatic rings. The number of nitrogens with zero attached hydrogens (tertiary/aromatic N) is 1. The Kier molecular flexibility index (Phi) is 4.68. The SMILES string of the molecule is CSC(=Nc1sc2ccccc2c1-c1ccccc1)c1ccccc1. The molecule has 1 nitrogen and oxygen atoms in total. The largest absolute Gasteiger partial charge is 0.230 e. The van der Waals surface area contributed by atoms with Crippen LogP contribution >= 0.6 is 23.1 Å². The third-order valence-electron chi connectivity index (χ3n) is 4.06. The van der Waals surface area contributed by atoms with Gasteiger partial charge in [-0.3, -0.25) is 0 Å². The van der Waals surface area contributed by atoms with Crippen molar-refractivity contribution in [2.45, 2.75) is 0 Å². The van der Waals surface area contributed by atoms with Gasteiger partial charge in [0.1, 0.15) is 10.0 Å². The molecule has 0 aliphatic carbocycles. The molecule has 0 saturated heterocycles. The molecule has 0 atom stereocenters. The Morgan fingerprint density at radius 2 is 1.44 bits per heavy atom. The lowest BCUT2D eigenvalue weighted by Crippen LogP contribution is -1.93. The molecule has 4 rings (SSSR count). The van der Waals surface area contributed by atoms with Crippen LogP contribution in [0, 0.1) is 0 Å². The molecule has 122 valence electrons. The standard InChI is InChI=1S/C22H17NS2/c1-24-21(17-12-6-3-7-13-17)23-22-20(16-10-4-2-5-11-16)18-14-8-9-15-19(18)25-22/h2-15H,1H3. The molecule has 4 aromatic rings. The predicted molar refractivity (Wildman–Crippen MR) is 113 cm³/mol. The number of hydrogen-bond donors (Lipinski definition) is 0. The van der Waals surface area contributed by atoms with Crippen molar-refractivity contribution in [2.75, 3.05) is 6.26 Å². The normalized spacial score (nSPS) is 11.8. The minimum atomic E-state index is 1.05. The average molecular weight is 360 g/mol. The average Bonchev–Trinajstić information content (AvgIpc) is 3.05. The van der Waals surface area contributed by atoms with Crippen molar-refractivity contribution in [1.29, 1.82) is 0 Å². The maximum atomic E-state index is 5.06. The van der Waals surface area contributed by atoms with Crippen molar-refractivity contribution >= 4 is 43.2 Å². The smallest absolute Gasteiger partial charge is 0.126 e. The summed E-state index contributed by atoms with van der Waals surface area (Å²) in [4.78, 5) is 5.06. The quantitative estimate of drug-likeness (QED) is 0.283. The molecule has 1 heterocycles. The highest BCUT2D eigenvalue weighted by Gasteiger charge is 2.14. The number of benzene rings is 3. The topological polar surface area (TPSA) is 12.4 Å². The zero-order valence-corrected chi connectivity index (χ0v) is 15.5. The van der Waals surface area contributed by atoms with Crippen LogP contribution < -0.4 is 0 Å². The Hall–Kier alpha value is -2.36. The van der Waals surface area contributed by atoms with Gasteiger partial charge < -0.3 is 0 Å². The van der Waals surface area contributed by atoms with E-state index in [4.69, 9.17) is 4.99 Å². The molecular formula is C22H17NS2. The van der Waals surface area contributed by atoms with E-state index in [1.165, 1.54) is 21.2 Å². The lowest BCUT2D eigenvalue weighted by Gasteiger charge is -2.05. The molecule has 25 heavy (non-hydrogen) atoms. The molecule has 0 saturated carbocycles. The van der Waals surface area contributed by atoms with Crippen molar-refractivity contribution in [3.8, 4) is 11.1 Å². The van der Waals surface area contributed by atoms with E-state index in [2.05, 4.69) is 85.1 Å². The van der Waals surface area contributed by atoms with Crippen molar-refractivity contribution in [1.82, 2.24) is 0 Å². The molecule has 3 heteroatoms. The van der Waals surface area contributed by atoms with Crippen molar-refractivity contribution in [3.05, 3.63) is 90.5 Å². The third-order valence-corrected chi connectivity index (χ3v) is 5.83. The molecule has 0 bridgehead atoms. The number of fused-ring (bicyclic) bond motifs is 1. The fraction of sp³-hybridized carbons (Fsp3) is 0.0455. The molecule has 0 fully saturated rings. The maximum absolute atomic E-state index is 5.06. The summed E-state index contributed by atoms with van der Waals surface area (Å²) >= 11 is 3.44. The number of aliphatic imine (C=N–C) groups is 1. The zero-order valence-electron chi connectivity index (χ0n) is 13.8. The van der Waals surface area contributed by atoms with E-state index in [0.29, 0.717) is 0 Å². The lowest BCUT2D eigenvalue weighted by molar-refractivity contribution is 1.59. The number of hydrogen-bond acceptors (Lipinski definition) is 3. The van der Waals surface area contributed by atoms with Crippen LogP contribution in [0.4, 0.5) is 5.00 Å². The van der Waals surface area contributed by atoms with Gasteiger partial charge in [-0.05, 0) is 17.9 Å². The molecule has 0 spiro atoms. The number of thioether (sulfide) groups is 1. The van der Waals surface area contributed by atoms with Gasteiger partial charge in [0.25, 0.3) is 0 Å². The Morgan fingerprint density at radius 1 is 0.800 bits per heavy atom. The summed E-state index contributed by atoms with van der Waals surface area (Å²) in [6.07, 6.45) is 2.08. The number of thiophene rings is 1. The first kappa shape index (κ1) is 16.1. The van der Waals surface area contributed by atoms with E-state index in [0.717, 1.165) is 15.6 Å². The van der Waals surface area contributed by atoms with Gasteiger partial charge in [-0.25, -0.2) is 4.99 Å². The highest BCUT2D eigenvalue weighted by Crippen LogP contribution is 2.44. The molecule has 0 aliphatic heterocycles. The second kappa shape index (κ2) is 7.26. The number of rotatable bonds is 3. The summed E-state index contributed by atoms with van der Waals surface area (Å²) < 4.78 is 1.27. The second-order valence-corrected chi connectivity index (χ2v) is 7.46. The van der Waals surface area contributed by atoms with Crippen LogP contribution in [0.3, 0.4) is 0 Å². The Balaban J connectivity index is 1.94. The third kappa shape index (κ3) is 3.26. The molecular weight excluding hydrogens is 342 g/mol. The van der Waals surface area contributed by atoms with Crippen LogP contribution in [-0.2, 0) is 0 Å². The van der Waals surface area contributed by atoms with Gasteiger partial charge in [-0.1, -0.05) is 78.9 Å². The van der Waals surface area contributed by atoms with Gasteiger partial charge in [-0.2, -0.15) is 0 Å². The van der Waals surface area contributed by atoms with Crippen molar-refractivity contribution in [2.24, 2.45) is 4.99 Å². The second-order valence-electron chi connectivity index (χ2n) is 5.63. The molecule has 0 unspecified atom stereocenters. The maximum Gasteiger partial charge on any atom is 0.126 e. The summed E-state index contributed by atoms with van der Waals surface area (Å²) in [5, 5.41) is 3.39. The van der Waals surface area contributed by atoms with Gasteiger partial charge >= 0.3 is 0 Å². The molecule has 0 radical (unpaired) electrons. The summed E-state index contributed by atoms with van der Waals surface area (Å²) in [7, 11) is 0. The minimum absolute atomic E-state index is 1.05. The molecule has 3 aromatic carbocycles. The highest BCUT2D eigenvalue weighted by molar-refractivity contribution is 8.13. The van der Waals surface area contributed by atoms with Gasteiger partial charge in [-0.15, -0.1) is 23.1 Å². The fourth-order valence-electron chi connectivity index (χ4n) is 2.90. The molecule has 1 aromatic heterocycles. The summed E-state index contributed by atoms with van der Waals surface area (Å²) in [6, 6.07) is 29.5. The van der Waals surface area contributed by atoms with E-state index in [-0.39, 0.29) is 0 Å².